The fourth-order valence-electron chi connectivity index (χ4n) is 2.52. The molecule has 1 aliphatic rings. The predicted octanol–water partition coefficient (Wildman–Crippen LogP) is 2.37. The lowest BCUT2D eigenvalue weighted by Crippen LogP contribution is -2.43. The highest BCUT2D eigenvalue weighted by Gasteiger charge is 2.21. The quantitative estimate of drug-likeness (QED) is 0.847. The van der Waals surface area contributed by atoms with Crippen molar-refractivity contribution in [1.82, 2.24) is 9.80 Å². The second kappa shape index (κ2) is 7.71. The molecule has 1 aromatic carbocycles. The lowest BCUT2D eigenvalue weighted by Gasteiger charge is -2.33. The van der Waals surface area contributed by atoms with Gasteiger partial charge in [-0.3, -0.25) is 9.69 Å². The number of benzene rings is 1. The molecule has 116 valence electrons. The Hall–Kier alpha value is -1.20. The topological polar surface area (TPSA) is 35.6 Å². The summed E-state index contributed by atoms with van der Waals surface area (Å²) in [5, 5.41) is 3.62. The lowest BCUT2D eigenvalue weighted by atomic mass is 10.0. The normalized spacial score (nSPS) is 16.7. The van der Waals surface area contributed by atoms with Crippen molar-refractivity contribution in [2.24, 2.45) is 0 Å². The number of likely N-dealkylation sites (tertiary alicyclic amines) is 1. The minimum atomic E-state index is 0.189. The second-order valence-corrected chi connectivity index (χ2v) is 6.59. The van der Waals surface area contributed by atoms with Crippen molar-refractivity contribution in [1.29, 1.82) is 0 Å². The van der Waals surface area contributed by atoms with Crippen LogP contribution in [0.2, 0.25) is 0 Å². The van der Waals surface area contributed by atoms with Gasteiger partial charge in [0.1, 0.15) is 0 Å². The van der Waals surface area contributed by atoms with Gasteiger partial charge in [0.05, 0.1) is 6.54 Å². The number of hydrogen-bond donors (Lipinski definition) is 1. The molecule has 1 N–H and O–H groups in total. The SMILES string of the molecule is CSc1cccc(NC2CCN(CC(=O)N(C)C)CC2)c1. The number of likely N-dealkylation sites (N-methyl/N-ethyl adjacent to an activating group) is 1. The fourth-order valence-corrected chi connectivity index (χ4v) is 2.98. The molecular weight excluding hydrogens is 282 g/mol. The van der Waals surface area contributed by atoms with E-state index in [1.807, 2.05) is 14.1 Å². The van der Waals surface area contributed by atoms with Gasteiger partial charge in [0.2, 0.25) is 5.91 Å². The predicted molar refractivity (Wildman–Crippen MR) is 90.0 cm³/mol. The molecule has 0 spiro atoms. The van der Waals surface area contributed by atoms with E-state index in [2.05, 4.69) is 40.7 Å². The van der Waals surface area contributed by atoms with E-state index in [9.17, 15) is 4.79 Å². The summed E-state index contributed by atoms with van der Waals surface area (Å²) in [5.74, 6) is 0.189. The third-order valence-electron chi connectivity index (χ3n) is 3.89. The van der Waals surface area contributed by atoms with Crippen LogP contribution in [0.4, 0.5) is 5.69 Å². The van der Waals surface area contributed by atoms with Crippen molar-refractivity contribution in [3.05, 3.63) is 24.3 Å². The minimum absolute atomic E-state index is 0.189. The van der Waals surface area contributed by atoms with E-state index in [0.29, 0.717) is 12.6 Å². The summed E-state index contributed by atoms with van der Waals surface area (Å²) in [5.41, 5.74) is 1.20. The molecule has 0 radical (unpaired) electrons. The molecule has 0 atom stereocenters. The molecule has 5 heteroatoms. The molecule has 0 bridgehead atoms. The number of carbonyl (C=O) groups is 1. The van der Waals surface area contributed by atoms with Gasteiger partial charge in [-0.15, -0.1) is 11.8 Å². The molecule has 1 heterocycles. The Morgan fingerprint density at radius 3 is 2.71 bits per heavy atom. The molecule has 4 nitrogen and oxygen atoms in total. The molecular formula is C16H25N3OS. The first-order chi connectivity index (χ1) is 10.1. The molecule has 2 rings (SSSR count). The van der Waals surface area contributed by atoms with Crippen LogP contribution in [0.1, 0.15) is 12.8 Å². The molecule has 1 aromatic rings. The molecule has 1 fully saturated rings. The standard InChI is InChI=1S/C16H25N3OS/c1-18(2)16(20)12-19-9-7-13(8-10-19)17-14-5-4-6-15(11-14)21-3/h4-6,11,13,17H,7-10,12H2,1-3H3. The monoisotopic (exact) mass is 307 g/mol. The van der Waals surface area contributed by atoms with Crippen LogP contribution >= 0.6 is 11.8 Å². The number of carbonyl (C=O) groups excluding carboxylic acids is 1. The molecule has 1 amide bonds. The van der Waals surface area contributed by atoms with Gasteiger partial charge in [0, 0.05) is 43.8 Å². The van der Waals surface area contributed by atoms with Gasteiger partial charge in [-0.25, -0.2) is 0 Å². The van der Waals surface area contributed by atoms with Crippen LogP contribution in [-0.4, -0.2) is 61.7 Å². The summed E-state index contributed by atoms with van der Waals surface area (Å²) < 4.78 is 0. The Labute approximate surface area is 131 Å². The summed E-state index contributed by atoms with van der Waals surface area (Å²) in [7, 11) is 3.63. The average molecular weight is 307 g/mol. The Morgan fingerprint density at radius 2 is 2.10 bits per heavy atom. The van der Waals surface area contributed by atoms with Gasteiger partial charge < -0.3 is 10.2 Å². The van der Waals surface area contributed by atoms with Crippen molar-refractivity contribution in [2.45, 2.75) is 23.8 Å². The molecule has 0 unspecified atom stereocenters. The summed E-state index contributed by atoms with van der Waals surface area (Å²) in [6.07, 6.45) is 4.27. The van der Waals surface area contributed by atoms with Crippen LogP contribution in [0.25, 0.3) is 0 Å². The number of nitrogens with one attached hydrogen (secondary N) is 1. The number of piperidine rings is 1. The third-order valence-corrected chi connectivity index (χ3v) is 4.61. The third kappa shape index (κ3) is 4.93. The maximum absolute atomic E-state index is 11.7. The van der Waals surface area contributed by atoms with Crippen molar-refractivity contribution >= 4 is 23.4 Å². The fraction of sp³-hybridized carbons (Fsp3) is 0.562. The highest BCUT2D eigenvalue weighted by molar-refractivity contribution is 7.98. The zero-order valence-electron chi connectivity index (χ0n) is 13.1. The maximum atomic E-state index is 11.7. The Morgan fingerprint density at radius 1 is 1.38 bits per heavy atom. The van der Waals surface area contributed by atoms with Crippen molar-refractivity contribution in [2.75, 3.05) is 45.3 Å². The molecule has 1 saturated heterocycles. The van der Waals surface area contributed by atoms with E-state index in [-0.39, 0.29) is 5.91 Å². The smallest absolute Gasteiger partial charge is 0.236 e. The first-order valence-electron chi connectivity index (χ1n) is 7.41. The van der Waals surface area contributed by atoms with E-state index >= 15 is 0 Å². The number of thioether (sulfide) groups is 1. The van der Waals surface area contributed by atoms with Crippen LogP contribution in [0.3, 0.4) is 0 Å². The number of rotatable bonds is 5. The Kier molecular flexibility index (Phi) is 5.94. The molecule has 0 saturated carbocycles. The highest BCUT2D eigenvalue weighted by Crippen LogP contribution is 2.21. The summed E-state index contributed by atoms with van der Waals surface area (Å²) in [4.78, 5) is 16.9. The first kappa shape index (κ1) is 16.2. The Bertz CT molecular complexity index is 470. The lowest BCUT2D eigenvalue weighted by molar-refractivity contribution is -0.130. The largest absolute Gasteiger partial charge is 0.382 e. The van der Waals surface area contributed by atoms with Gasteiger partial charge in [-0.2, -0.15) is 0 Å². The van der Waals surface area contributed by atoms with Crippen molar-refractivity contribution < 1.29 is 4.79 Å². The first-order valence-corrected chi connectivity index (χ1v) is 8.64. The van der Waals surface area contributed by atoms with E-state index in [4.69, 9.17) is 0 Å². The van der Waals surface area contributed by atoms with E-state index in [0.717, 1.165) is 25.9 Å². The van der Waals surface area contributed by atoms with Gasteiger partial charge in [-0.1, -0.05) is 6.07 Å². The molecule has 1 aliphatic heterocycles. The molecule has 0 aliphatic carbocycles. The average Bonchev–Trinajstić information content (AvgIpc) is 2.49. The number of hydrogen-bond acceptors (Lipinski definition) is 4. The number of anilines is 1. The number of amides is 1. The maximum Gasteiger partial charge on any atom is 0.236 e. The number of nitrogens with zero attached hydrogens (tertiary/aromatic N) is 2. The van der Waals surface area contributed by atoms with Gasteiger partial charge in [-0.05, 0) is 37.3 Å². The van der Waals surface area contributed by atoms with Gasteiger partial charge in [0.25, 0.3) is 0 Å². The zero-order chi connectivity index (χ0) is 15.2. The van der Waals surface area contributed by atoms with Crippen molar-refractivity contribution in [3.63, 3.8) is 0 Å². The zero-order valence-corrected chi connectivity index (χ0v) is 13.9. The van der Waals surface area contributed by atoms with E-state index in [1.165, 1.54) is 10.6 Å². The highest BCUT2D eigenvalue weighted by atomic mass is 32.2. The van der Waals surface area contributed by atoms with Crippen LogP contribution in [0.5, 0.6) is 0 Å². The van der Waals surface area contributed by atoms with Crippen molar-refractivity contribution in [3.8, 4) is 0 Å². The second-order valence-electron chi connectivity index (χ2n) is 5.71. The van der Waals surface area contributed by atoms with E-state index < -0.39 is 0 Å². The van der Waals surface area contributed by atoms with E-state index in [1.54, 1.807) is 16.7 Å². The Balaban J connectivity index is 1.80. The van der Waals surface area contributed by atoms with Gasteiger partial charge >= 0.3 is 0 Å². The van der Waals surface area contributed by atoms with Crippen LogP contribution in [-0.2, 0) is 4.79 Å². The van der Waals surface area contributed by atoms with Crippen LogP contribution in [0.15, 0.2) is 29.2 Å². The summed E-state index contributed by atoms with van der Waals surface area (Å²) in [6, 6.07) is 9.06. The van der Waals surface area contributed by atoms with Gasteiger partial charge in [0.15, 0.2) is 0 Å². The molecule has 21 heavy (non-hydrogen) atoms. The molecule has 0 aromatic heterocycles. The minimum Gasteiger partial charge on any atom is -0.382 e. The van der Waals surface area contributed by atoms with Crippen LogP contribution in [0, 0.1) is 0 Å². The van der Waals surface area contributed by atoms with Crippen LogP contribution < -0.4 is 5.32 Å². The summed E-state index contributed by atoms with van der Waals surface area (Å²) >= 11 is 1.76. The summed E-state index contributed by atoms with van der Waals surface area (Å²) in [6.45, 7) is 2.51.